The van der Waals surface area contributed by atoms with Crippen LogP contribution in [0.2, 0.25) is 0 Å². The van der Waals surface area contributed by atoms with Gasteiger partial charge in [0.2, 0.25) is 0 Å². The van der Waals surface area contributed by atoms with E-state index >= 15 is 0 Å². The summed E-state index contributed by atoms with van der Waals surface area (Å²) in [5.74, 6) is -0.321. The molecule has 0 spiro atoms. The summed E-state index contributed by atoms with van der Waals surface area (Å²) >= 11 is 3.34. The minimum absolute atomic E-state index is 0.0916. The van der Waals surface area contributed by atoms with Gasteiger partial charge in [0.1, 0.15) is 17.2 Å². The van der Waals surface area contributed by atoms with Crippen molar-refractivity contribution in [2.75, 3.05) is 6.54 Å². The van der Waals surface area contributed by atoms with Crippen molar-refractivity contribution < 1.29 is 4.39 Å². The first-order valence-electron chi connectivity index (χ1n) is 6.15. The summed E-state index contributed by atoms with van der Waals surface area (Å²) in [6, 6.07) is 4.86. The van der Waals surface area contributed by atoms with Crippen molar-refractivity contribution >= 4 is 15.9 Å². The van der Waals surface area contributed by atoms with Crippen molar-refractivity contribution in [1.29, 1.82) is 0 Å². The Balaban J connectivity index is 2.44. The topological polar surface area (TPSA) is 42.7 Å². The number of nitrogens with one attached hydrogen (secondary N) is 1. The average Bonchev–Trinajstić information content (AvgIpc) is 2.74. The molecule has 2 aromatic rings. The number of rotatable bonds is 4. The number of nitrogens with zero attached hydrogens (tertiary/aromatic N) is 3. The summed E-state index contributed by atoms with van der Waals surface area (Å²) in [5.41, 5.74) is 2.07. The largest absolute Gasteiger partial charge is 0.309 e. The number of hydrogen-bond acceptors (Lipinski definition) is 3. The second-order valence-electron chi connectivity index (χ2n) is 4.35. The minimum atomic E-state index is -0.321. The van der Waals surface area contributed by atoms with Gasteiger partial charge in [0, 0.05) is 4.47 Å². The van der Waals surface area contributed by atoms with E-state index in [1.54, 1.807) is 12.1 Å². The van der Waals surface area contributed by atoms with Gasteiger partial charge >= 0.3 is 0 Å². The van der Waals surface area contributed by atoms with Crippen LogP contribution in [0.1, 0.15) is 31.3 Å². The van der Waals surface area contributed by atoms with Gasteiger partial charge in [-0.05, 0) is 38.6 Å². The summed E-state index contributed by atoms with van der Waals surface area (Å²) in [4.78, 5) is 0. The summed E-state index contributed by atoms with van der Waals surface area (Å²) in [5, 5.41) is 11.5. The average molecular weight is 327 g/mol. The molecule has 0 bridgehead atoms. The highest BCUT2D eigenvalue weighted by Gasteiger charge is 2.17. The van der Waals surface area contributed by atoms with Gasteiger partial charge in [-0.15, -0.1) is 5.10 Å². The van der Waals surface area contributed by atoms with Crippen molar-refractivity contribution in [1.82, 2.24) is 20.3 Å². The standard InChI is InChI=1S/C13H16BrFN4/c1-4-16-8(2)13-9(3)19(18-17-13)12-7-10(14)5-6-11(12)15/h5-8,16H,4H2,1-3H3. The van der Waals surface area contributed by atoms with Gasteiger partial charge in [-0.3, -0.25) is 0 Å². The number of aromatic nitrogens is 3. The quantitative estimate of drug-likeness (QED) is 0.938. The molecule has 0 saturated carbocycles. The van der Waals surface area contributed by atoms with E-state index in [1.807, 2.05) is 20.8 Å². The first-order valence-corrected chi connectivity index (χ1v) is 6.95. The molecule has 19 heavy (non-hydrogen) atoms. The van der Waals surface area contributed by atoms with Gasteiger partial charge in [0.05, 0.1) is 11.7 Å². The Morgan fingerprint density at radius 3 is 2.89 bits per heavy atom. The van der Waals surface area contributed by atoms with Crippen molar-refractivity contribution in [3.63, 3.8) is 0 Å². The molecule has 0 aliphatic heterocycles. The smallest absolute Gasteiger partial charge is 0.149 e. The predicted octanol–water partition coefficient (Wildman–Crippen LogP) is 3.15. The normalized spacial score (nSPS) is 12.7. The van der Waals surface area contributed by atoms with E-state index in [-0.39, 0.29) is 11.9 Å². The fraction of sp³-hybridized carbons (Fsp3) is 0.385. The van der Waals surface area contributed by atoms with E-state index in [1.165, 1.54) is 10.7 Å². The molecule has 0 saturated heterocycles. The Morgan fingerprint density at radius 2 is 2.21 bits per heavy atom. The van der Waals surface area contributed by atoms with Crippen LogP contribution in [0.15, 0.2) is 22.7 Å². The molecule has 1 N–H and O–H groups in total. The van der Waals surface area contributed by atoms with Gasteiger partial charge in [0.15, 0.2) is 0 Å². The summed E-state index contributed by atoms with van der Waals surface area (Å²) in [6.45, 7) is 6.79. The zero-order valence-electron chi connectivity index (χ0n) is 11.1. The number of halogens is 2. The maximum Gasteiger partial charge on any atom is 0.149 e. The van der Waals surface area contributed by atoms with Gasteiger partial charge < -0.3 is 5.32 Å². The van der Waals surface area contributed by atoms with E-state index in [2.05, 4.69) is 31.6 Å². The van der Waals surface area contributed by atoms with Crippen LogP contribution in [-0.2, 0) is 0 Å². The Labute approximate surface area is 120 Å². The van der Waals surface area contributed by atoms with Crippen molar-refractivity contribution in [3.05, 3.63) is 39.9 Å². The van der Waals surface area contributed by atoms with Crippen LogP contribution in [0.5, 0.6) is 0 Å². The third-order valence-electron chi connectivity index (χ3n) is 2.99. The second-order valence-corrected chi connectivity index (χ2v) is 5.26. The molecule has 6 heteroatoms. The van der Waals surface area contributed by atoms with Crippen LogP contribution < -0.4 is 5.32 Å². The fourth-order valence-electron chi connectivity index (χ4n) is 2.02. The van der Waals surface area contributed by atoms with Crippen molar-refractivity contribution in [2.45, 2.75) is 26.8 Å². The highest BCUT2D eigenvalue weighted by molar-refractivity contribution is 9.10. The van der Waals surface area contributed by atoms with Crippen molar-refractivity contribution in [3.8, 4) is 5.69 Å². The molecule has 1 heterocycles. The first kappa shape index (κ1) is 14.1. The molecular weight excluding hydrogens is 311 g/mol. The second kappa shape index (κ2) is 5.79. The maximum atomic E-state index is 13.9. The van der Waals surface area contributed by atoms with E-state index in [4.69, 9.17) is 0 Å². The molecule has 1 atom stereocenters. The summed E-state index contributed by atoms with van der Waals surface area (Å²) in [6.07, 6.45) is 0. The minimum Gasteiger partial charge on any atom is -0.309 e. The Kier molecular flexibility index (Phi) is 4.31. The summed E-state index contributed by atoms with van der Waals surface area (Å²) < 4.78 is 16.2. The molecule has 0 radical (unpaired) electrons. The van der Waals surface area contributed by atoms with E-state index in [0.717, 1.165) is 22.4 Å². The van der Waals surface area contributed by atoms with Crippen LogP contribution in [0, 0.1) is 12.7 Å². The molecule has 1 aromatic heterocycles. The van der Waals surface area contributed by atoms with Gasteiger partial charge in [-0.2, -0.15) is 0 Å². The molecule has 1 aromatic carbocycles. The van der Waals surface area contributed by atoms with Crippen LogP contribution in [0.3, 0.4) is 0 Å². The lowest BCUT2D eigenvalue weighted by Crippen LogP contribution is -2.19. The fourth-order valence-corrected chi connectivity index (χ4v) is 2.37. The molecule has 1 unspecified atom stereocenters. The highest BCUT2D eigenvalue weighted by Crippen LogP contribution is 2.22. The highest BCUT2D eigenvalue weighted by atomic mass is 79.9. The lowest BCUT2D eigenvalue weighted by atomic mass is 10.2. The summed E-state index contributed by atoms with van der Waals surface area (Å²) in [7, 11) is 0. The molecule has 0 aliphatic rings. The molecule has 0 fully saturated rings. The molecule has 0 amide bonds. The Morgan fingerprint density at radius 1 is 1.47 bits per heavy atom. The Bertz CT molecular complexity index is 582. The zero-order chi connectivity index (χ0) is 14.0. The molecule has 0 aliphatic carbocycles. The number of benzene rings is 1. The molecular formula is C13H16BrFN4. The van der Waals surface area contributed by atoms with Crippen LogP contribution in [-0.4, -0.2) is 21.5 Å². The van der Waals surface area contributed by atoms with Crippen LogP contribution in [0.25, 0.3) is 5.69 Å². The Hall–Kier alpha value is -1.27. The molecule has 2 rings (SSSR count). The lowest BCUT2D eigenvalue weighted by molar-refractivity contribution is 0.579. The zero-order valence-corrected chi connectivity index (χ0v) is 12.7. The SMILES string of the molecule is CCNC(C)c1nnn(-c2cc(Br)ccc2F)c1C. The van der Waals surface area contributed by atoms with Gasteiger partial charge in [-0.25, -0.2) is 9.07 Å². The van der Waals surface area contributed by atoms with Gasteiger partial charge in [-0.1, -0.05) is 28.1 Å². The maximum absolute atomic E-state index is 13.9. The van der Waals surface area contributed by atoms with Crippen LogP contribution >= 0.6 is 15.9 Å². The lowest BCUT2D eigenvalue weighted by Gasteiger charge is -2.10. The van der Waals surface area contributed by atoms with Gasteiger partial charge in [0.25, 0.3) is 0 Å². The third-order valence-corrected chi connectivity index (χ3v) is 3.48. The molecule has 4 nitrogen and oxygen atoms in total. The van der Waals surface area contributed by atoms with Crippen molar-refractivity contribution in [2.24, 2.45) is 0 Å². The number of hydrogen-bond donors (Lipinski definition) is 1. The third kappa shape index (κ3) is 2.84. The monoisotopic (exact) mass is 326 g/mol. The first-order chi connectivity index (χ1) is 9.04. The van der Waals surface area contributed by atoms with E-state index in [0.29, 0.717) is 5.69 Å². The van der Waals surface area contributed by atoms with E-state index in [9.17, 15) is 4.39 Å². The predicted molar refractivity (Wildman–Crippen MR) is 75.8 cm³/mol. The van der Waals surface area contributed by atoms with E-state index < -0.39 is 0 Å². The molecule has 102 valence electrons. The van der Waals surface area contributed by atoms with Crippen LogP contribution in [0.4, 0.5) is 4.39 Å².